The van der Waals surface area contributed by atoms with Gasteiger partial charge in [0.05, 0.1) is 19.8 Å². The molecule has 2 rings (SSSR count). The minimum atomic E-state index is -0.0317. The molecule has 0 aliphatic carbocycles. The van der Waals surface area contributed by atoms with Gasteiger partial charge in [-0.3, -0.25) is 14.7 Å². The molecule has 30 heavy (non-hydrogen) atoms. The second kappa shape index (κ2) is 15.4. The maximum Gasteiger partial charge on any atom is 0.239 e. The van der Waals surface area contributed by atoms with Gasteiger partial charge in [-0.25, -0.2) is 0 Å². The molecular formula is C22H38IN5O2. The number of morpholine rings is 1. The number of amides is 1. The van der Waals surface area contributed by atoms with Crippen LogP contribution in [0.4, 0.5) is 0 Å². The summed E-state index contributed by atoms with van der Waals surface area (Å²) in [4.78, 5) is 18.8. The van der Waals surface area contributed by atoms with Crippen LogP contribution in [0.15, 0.2) is 35.3 Å². The van der Waals surface area contributed by atoms with Gasteiger partial charge in [0.15, 0.2) is 5.96 Å². The number of nitrogens with zero attached hydrogens (tertiary/aromatic N) is 2. The summed E-state index contributed by atoms with van der Waals surface area (Å²) in [6, 6.07) is 10.6. The van der Waals surface area contributed by atoms with Crippen LogP contribution < -0.4 is 16.0 Å². The molecule has 1 unspecified atom stereocenters. The molecule has 1 amide bonds. The van der Waals surface area contributed by atoms with Gasteiger partial charge in [0.2, 0.25) is 5.91 Å². The third-order valence-electron chi connectivity index (χ3n) is 5.03. The zero-order chi connectivity index (χ0) is 20.9. The van der Waals surface area contributed by atoms with Gasteiger partial charge in [0.1, 0.15) is 0 Å². The number of nitrogens with one attached hydrogen (secondary N) is 3. The maximum atomic E-state index is 12.1. The molecule has 0 saturated carbocycles. The molecule has 0 aromatic heterocycles. The van der Waals surface area contributed by atoms with Crippen molar-refractivity contribution in [3.63, 3.8) is 0 Å². The molecule has 1 aromatic carbocycles. The maximum absolute atomic E-state index is 12.1. The largest absolute Gasteiger partial charge is 0.379 e. The SMILES string of the molecule is CN=C(NCC(=O)NCCc1ccccc1)NCC(CC(C)C)N1CCOCC1.I. The quantitative estimate of drug-likeness (QED) is 0.244. The summed E-state index contributed by atoms with van der Waals surface area (Å²) < 4.78 is 5.48. The smallest absolute Gasteiger partial charge is 0.239 e. The lowest BCUT2D eigenvalue weighted by Crippen LogP contribution is -2.51. The average molecular weight is 531 g/mol. The molecule has 0 radical (unpaired) electrons. The summed E-state index contributed by atoms with van der Waals surface area (Å²) >= 11 is 0. The minimum Gasteiger partial charge on any atom is -0.379 e. The van der Waals surface area contributed by atoms with Gasteiger partial charge in [-0.2, -0.15) is 0 Å². The molecule has 1 aliphatic rings. The van der Waals surface area contributed by atoms with Gasteiger partial charge in [0.25, 0.3) is 0 Å². The molecule has 1 saturated heterocycles. The van der Waals surface area contributed by atoms with Crippen molar-refractivity contribution < 1.29 is 9.53 Å². The Morgan fingerprint density at radius 3 is 2.47 bits per heavy atom. The first-order valence-corrected chi connectivity index (χ1v) is 10.7. The van der Waals surface area contributed by atoms with Crippen LogP contribution in [-0.4, -0.2) is 75.8 Å². The monoisotopic (exact) mass is 531 g/mol. The highest BCUT2D eigenvalue weighted by Crippen LogP contribution is 2.12. The molecule has 1 heterocycles. The topological polar surface area (TPSA) is 78.0 Å². The van der Waals surface area contributed by atoms with Crippen LogP contribution >= 0.6 is 24.0 Å². The first-order valence-electron chi connectivity index (χ1n) is 10.7. The number of ether oxygens (including phenoxy) is 1. The summed E-state index contributed by atoms with van der Waals surface area (Å²) in [5, 5.41) is 9.45. The van der Waals surface area contributed by atoms with Crippen LogP contribution in [0.25, 0.3) is 0 Å². The number of carbonyl (C=O) groups excluding carboxylic acids is 1. The van der Waals surface area contributed by atoms with E-state index >= 15 is 0 Å². The van der Waals surface area contributed by atoms with Gasteiger partial charge >= 0.3 is 0 Å². The van der Waals surface area contributed by atoms with Crippen molar-refractivity contribution in [2.24, 2.45) is 10.9 Å². The molecule has 7 nitrogen and oxygen atoms in total. The van der Waals surface area contributed by atoms with E-state index in [4.69, 9.17) is 4.74 Å². The lowest BCUT2D eigenvalue weighted by Gasteiger charge is -2.35. The Labute approximate surface area is 198 Å². The standard InChI is InChI=1S/C22H37N5O2.HI/c1-18(2)15-20(27-11-13-29-14-12-27)16-25-22(23-3)26-17-21(28)24-10-9-19-7-5-4-6-8-19;/h4-8,18,20H,9-17H2,1-3H3,(H,24,28)(H2,23,25,26);1H. The van der Waals surface area contributed by atoms with E-state index in [1.165, 1.54) is 5.56 Å². The van der Waals surface area contributed by atoms with E-state index in [0.29, 0.717) is 24.5 Å². The number of halogens is 1. The lowest BCUT2D eigenvalue weighted by atomic mass is 10.0. The van der Waals surface area contributed by atoms with E-state index in [2.05, 4.69) is 51.8 Å². The van der Waals surface area contributed by atoms with Crippen LogP contribution in [0.3, 0.4) is 0 Å². The van der Waals surface area contributed by atoms with Crippen molar-refractivity contribution in [3.8, 4) is 0 Å². The highest BCUT2D eigenvalue weighted by molar-refractivity contribution is 14.0. The predicted molar refractivity (Wildman–Crippen MR) is 134 cm³/mol. The van der Waals surface area contributed by atoms with E-state index in [-0.39, 0.29) is 36.4 Å². The van der Waals surface area contributed by atoms with Crippen LogP contribution in [0.1, 0.15) is 25.8 Å². The Morgan fingerprint density at radius 2 is 1.83 bits per heavy atom. The lowest BCUT2D eigenvalue weighted by molar-refractivity contribution is -0.119. The van der Waals surface area contributed by atoms with Gasteiger partial charge < -0.3 is 20.7 Å². The van der Waals surface area contributed by atoms with E-state index in [1.807, 2.05) is 18.2 Å². The number of aliphatic imine (C=N–C) groups is 1. The van der Waals surface area contributed by atoms with E-state index in [1.54, 1.807) is 7.05 Å². The van der Waals surface area contributed by atoms with Crippen molar-refractivity contribution in [1.29, 1.82) is 0 Å². The van der Waals surface area contributed by atoms with Gasteiger partial charge in [0, 0.05) is 39.3 Å². The zero-order valence-electron chi connectivity index (χ0n) is 18.5. The van der Waals surface area contributed by atoms with Gasteiger partial charge in [-0.1, -0.05) is 44.2 Å². The number of guanidine groups is 1. The molecule has 170 valence electrons. The number of benzene rings is 1. The predicted octanol–water partition coefficient (Wildman–Crippen LogP) is 1.88. The van der Waals surface area contributed by atoms with Crippen molar-refractivity contribution in [1.82, 2.24) is 20.9 Å². The first-order chi connectivity index (χ1) is 14.1. The van der Waals surface area contributed by atoms with E-state index in [9.17, 15) is 4.79 Å². The van der Waals surface area contributed by atoms with Gasteiger partial charge in [-0.05, 0) is 24.3 Å². The molecule has 3 N–H and O–H groups in total. The van der Waals surface area contributed by atoms with Gasteiger partial charge in [-0.15, -0.1) is 24.0 Å². The van der Waals surface area contributed by atoms with Crippen molar-refractivity contribution in [2.75, 3.05) is 53.0 Å². The van der Waals surface area contributed by atoms with Crippen LogP contribution in [0.2, 0.25) is 0 Å². The number of hydrogen-bond acceptors (Lipinski definition) is 4. The van der Waals surface area contributed by atoms with Crippen molar-refractivity contribution >= 4 is 35.8 Å². The second-order valence-electron chi connectivity index (χ2n) is 7.82. The van der Waals surface area contributed by atoms with E-state index in [0.717, 1.165) is 45.7 Å². The first kappa shape index (κ1) is 26.6. The molecule has 1 fully saturated rings. The second-order valence-corrected chi connectivity index (χ2v) is 7.82. The number of carbonyl (C=O) groups is 1. The molecule has 0 bridgehead atoms. The Bertz CT molecular complexity index is 621. The number of rotatable bonds is 10. The summed E-state index contributed by atoms with van der Waals surface area (Å²) in [6.07, 6.45) is 1.94. The Kier molecular flexibility index (Phi) is 13.7. The Hall–Kier alpha value is -1.39. The molecule has 8 heteroatoms. The van der Waals surface area contributed by atoms with Crippen LogP contribution in [0.5, 0.6) is 0 Å². The summed E-state index contributed by atoms with van der Waals surface area (Å²) in [5.74, 6) is 1.25. The Balaban J connectivity index is 0.00000450. The third kappa shape index (κ3) is 10.6. The molecule has 0 spiro atoms. The fraction of sp³-hybridized carbons (Fsp3) is 0.636. The Morgan fingerprint density at radius 1 is 1.13 bits per heavy atom. The average Bonchev–Trinajstić information content (AvgIpc) is 2.74. The fourth-order valence-corrected chi connectivity index (χ4v) is 3.50. The normalized spacial score (nSPS) is 15.9. The highest BCUT2D eigenvalue weighted by Gasteiger charge is 2.22. The van der Waals surface area contributed by atoms with Crippen molar-refractivity contribution in [3.05, 3.63) is 35.9 Å². The summed E-state index contributed by atoms with van der Waals surface area (Å²) in [5.41, 5.74) is 1.22. The van der Waals surface area contributed by atoms with Crippen LogP contribution in [-0.2, 0) is 16.0 Å². The summed E-state index contributed by atoms with van der Waals surface area (Å²) in [6.45, 7) is 9.66. The fourth-order valence-electron chi connectivity index (χ4n) is 3.50. The van der Waals surface area contributed by atoms with E-state index < -0.39 is 0 Å². The molecular weight excluding hydrogens is 493 g/mol. The van der Waals surface area contributed by atoms with Crippen molar-refractivity contribution in [2.45, 2.75) is 32.7 Å². The third-order valence-corrected chi connectivity index (χ3v) is 5.03. The zero-order valence-corrected chi connectivity index (χ0v) is 20.9. The molecule has 1 aliphatic heterocycles. The number of hydrogen-bond donors (Lipinski definition) is 3. The molecule has 1 aromatic rings. The minimum absolute atomic E-state index is 0. The van der Waals surface area contributed by atoms with Crippen LogP contribution in [0, 0.1) is 5.92 Å². The molecule has 1 atom stereocenters. The highest BCUT2D eigenvalue weighted by atomic mass is 127. The summed E-state index contributed by atoms with van der Waals surface area (Å²) in [7, 11) is 1.73.